The number of nitrogens with one attached hydrogen (secondary N) is 2. The van der Waals surface area contributed by atoms with Crippen molar-refractivity contribution in [2.75, 3.05) is 37.4 Å². The van der Waals surface area contributed by atoms with Crippen LogP contribution in [-0.4, -0.2) is 33.1 Å². The standard InChI is InChI=1S/C14H21N3O/c1-5-8-15-10-14(18)16-12-7-6-11(2)13(9-12)17(3)4/h5-7,9,15H,1,8,10H2,2-4H3,(H,16,18). The molecule has 0 fully saturated rings. The number of amides is 1. The van der Waals surface area contributed by atoms with E-state index >= 15 is 0 Å². The first-order valence-electron chi connectivity index (χ1n) is 5.94. The van der Waals surface area contributed by atoms with E-state index in [2.05, 4.69) is 17.2 Å². The van der Waals surface area contributed by atoms with Gasteiger partial charge in [-0.25, -0.2) is 0 Å². The van der Waals surface area contributed by atoms with Gasteiger partial charge in [-0.2, -0.15) is 0 Å². The van der Waals surface area contributed by atoms with Crippen molar-refractivity contribution >= 4 is 17.3 Å². The second kappa shape index (κ2) is 6.81. The Morgan fingerprint density at radius 1 is 1.44 bits per heavy atom. The molecule has 0 radical (unpaired) electrons. The molecular weight excluding hydrogens is 226 g/mol. The van der Waals surface area contributed by atoms with E-state index in [-0.39, 0.29) is 12.5 Å². The number of hydrogen-bond donors (Lipinski definition) is 2. The average Bonchev–Trinajstić information content (AvgIpc) is 2.31. The van der Waals surface area contributed by atoms with Gasteiger partial charge < -0.3 is 15.5 Å². The molecule has 1 amide bonds. The zero-order valence-electron chi connectivity index (χ0n) is 11.3. The Morgan fingerprint density at radius 2 is 2.17 bits per heavy atom. The summed E-state index contributed by atoms with van der Waals surface area (Å²) < 4.78 is 0. The van der Waals surface area contributed by atoms with Crippen LogP contribution in [0, 0.1) is 6.92 Å². The van der Waals surface area contributed by atoms with E-state index in [1.54, 1.807) is 6.08 Å². The fourth-order valence-corrected chi connectivity index (χ4v) is 1.66. The van der Waals surface area contributed by atoms with Crippen LogP contribution in [0.3, 0.4) is 0 Å². The third-order valence-corrected chi connectivity index (χ3v) is 2.55. The predicted octanol–water partition coefficient (Wildman–Crippen LogP) is 1.78. The number of carbonyl (C=O) groups is 1. The monoisotopic (exact) mass is 247 g/mol. The van der Waals surface area contributed by atoms with Crippen molar-refractivity contribution in [1.82, 2.24) is 5.32 Å². The van der Waals surface area contributed by atoms with Gasteiger partial charge in [-0.1, -0.05) is 12.1 Å². The summed E-state index contributed by atoms with van der Waals surface area (Å²) in [4.78, 5) is 13.7. The van der Waals surface area contributed by atoms with E-state index in [1.807, 2.05) is 44.1 Å². The van der Waals surface area contributed by atoms with Gasteiger partial charge in [0.1, 0.15) is 0 Å². The van der Waals surface area contributed by atoms with Crippen LogP contribution in [0.15, 0.2) is 30.9 Å². The SMILES string of the molecule is C=CCNCC(=O)Nc1ccc(C)c(N(C)C)c1. The van der Waals surface area contributed by atoms with Crippen molar-refractivity contribution in [1.29, 1.82) is 0 Å². The minimum atomic E-state index is -0.0505. The summed E-state index contributed by atoms with van der Waals surface area (Å²) in [7, 11) is 3.97. The van der Waals surface area contributed by atoms with Crippen LogP contribution >= 0.6 is 0 Å². The van der Waals surface area contributed by atoms with Crippen molar-refractivity contribution < 1.29 is 4.79 Å². The third-order valence-electron chi connectivity index (χ3n) is 2.55. The van der Waals surface area contributed by atoms with Gasteiger partial charge in [0.25, 0.3) is 0 Å². The molecule has 0 saturated heterocycles. The Morgan fingerprint density at radius 3 is 2.78 bits per heavy atom. The second-order valence-electron chi connectivity index (χ2n) is 4.36. The smallest absolute Gasteiger partial charge is 0.238 e. The third kappa shape index (κ3) is 4.22. The molecule has 0 saturated carbocycles. The average molecular weight is 247 g/mol. The Kier molecular flexibility index (Phi) is 5.39. The maximum Gasteiger partial charge on any atom is 0.238 e. The van der Waals surface area contributed by atoms with E-state index in [0.29, 0.717) is 6.54 Å². The highest BCUT2D eigenvalue weighted by Crippen LogP contribution is 2.22. The van der Waals surface area contributed by atoms with Crippen molar-refractivity contribution in [3.05, 3.63) is 36.4 Å². The Balaban J connectivity index is 2.64. The lowest BCUT2D eigenvalue weighted by atomic mass is 10.1. The molecule has 0 unspecified atom stereocenters. The summed E-state index contributed by atoms with van der Waals surface area (Å²) in [5.74, 6) is -0.0505. The maximum atomic E-state index is 11.6. The molecule has 0 heterocycles. The van der Waals surface area contributed by atoms with Crippen molar-refractivity contribution in [3.63, 3.8) is 0 Å². The van der Waals surface area contributed by atoms with Crippen molar-refractivity contribution in [2.45, 2.75) is 6.92 Å². The first kappa shape index (κ1) is 14.3. The molecule has 0 bridgehead atoms. The normalized spacial score (nSPS) is 9.94. The highest BCUT2D eigenvalue weighted by molar-refractivity contribution is 5.92. The van der Waals surface area contributed by atoms with E-state index < -0.39 is 0 Å². The topological polar surface area (TPSA) is 44.4 Å². The molecular formula is C14H21N3O. The van der Waals surface area contributed by atoms with Crippen molar-refractivity contribution in [2.24, 2.45) is 0 Å². The number of anilines is 2. The number of benzene rings is 1. The van der Waals surface area contributed by atoms with Gasteiger partial charge in [0, 0.05) is 32.0 Å². The first-order valence-corrected chi connectivity index (χ1v) is 5.94. The Hall–Kier alpha value is -1.81. The molecule has 1 rings (SSSR count). The molecule has 0 aliphatic carbocycles. The highest BCUT2D eigenvalue weighted by Gasteiger charge is 2.05. The summed E-state index contributed by atoms with van der Waals surface area (Å²) in [5.41, 5.74) is 3.10. The summed E-state index contributed by atoms with van der Waals surface area (Å²) in [6.07, 6.45) is 1.73. The molecule has 0 atom stereocenters. The Bertz CT molecular complexity index is 427. The van der Waals surface area contributed by atoms with Crippen molar-refractivity contribution in [3.8, 4) is 0 Å². The quantitative estimate of drug-likeness (QED) is 0.595. The van der Waals surface area contributed by atoms with Crippen LogP contribution < -0.4 is 15.5 Å². The van der Waals surface area contributed by atoms with Crippen LogP contribution in [0.1, 0.15) is 5.56 Å². The number of hydrogen-bond acceptors (Lipinski definition) is 3. The van der Waals surface area contributed by atoms with Gasteiger partial charge in [-0.15, -0.1) is 6.58 Å². The zero-order chi connectivity index (χ0) is 13.5. The minimum absolute atomic E-state index is 0.0505. The summed E-state index contributed by atoms with van der Waals surface area (Å²) >= 11 is 0. The van der Waals surface area contributed by atoms with Gasteiger partial charge >= 0.3 is 0 Å². The molecule has 1 aromatic rings. The molecule has 4 heteroatoms. The molecule has 18 heavy (non-hydrogen) atoms. The van der Waals surface area contributed by atoms with Gasteiger partial charge in [0.15, 0.2) is 0 Å². The molecule has 0 aromatic heterocycles. The van der Waals surface area contributed by atoms with Crippen LogP contribution in [0.4, 0.5) is 11.4 Å². The summed E-state index contributed by atoms with van der Waals surface area (Å²) in [5, 5.41) is 5.82. The molecule has 0 aliphatic heterocycles. The lowest BCUT2D eigenvalue weighted by Gasteiger charge is -2.17. The van der Waals surface area contributed by atoms with E-state index in [1.165, 1.54) is 5.56 Å². The predicted molar refractivity (Wildman–Crippen MR) is 77.2 cm³/mol. The number of aryl methyl sites for hydroxylation is 1. The summed E-state index contributed by atoms with van der Waals surface area (Å²) in [6.45, 7) is 6.55. The summed E-state index contributed by atoms with van der Waals surface area (Å²) in [6, 6.07) is 5.89. The zero-order valence-corrected chi connectivity index (χ0v) is 11.3. The minimum Gasteiger partial charge on any atom is -0.377 e. The molecule has 2 N–H and O–H groups in total. The van der Waals surface area contributed by atoms with Crippen LogP contribution in [0.5, 0.6) is 0 Å². The highest BCUT2D eigenvalue weighted by atomic mass is 16.1. The fourth-order valence-electron chi connectivity index (χ4n) is 1.66. The number of rotatable bonds is 6. The number of nitrogens with zero attached hydrogens (tertiary/aromatic N) is 1. The van der Waals surface area contributed by atoms with Crippen LogP contribution in [-0.2, 0) is 4.79 Å². The van der Waals surface area contributed by atoms with Gasteiger partial charge in [-0.05, 0) is 24.6 Å². The van der Waals surface area contributed by atoms with Gasteiger partial charge in [0.05, 0.1) is 6.54 Å². The molecule has 0 spiro atoms. The molecule has 98 valence electrons. The Labute approximate surface area is 109 Å². The molecule has 4 nitrogen and oxygen atoms in total. The van der Waals surface area contributed by atoms with E-state index in [0.717, 1.165) is 11.4 Å². The lowest BCUT2D eigenvalue weighted by Crippen LogP contribution is -2.28. The largest absolute Gasteiger partial charge is 0.377 e. The van der Waals surface area contributed by atoms with Gasteiger partial charge in [-0.3, -0.25) is 4.79 Å². The van der Waals surface area contributed by atoms with E-state index in [4.69, 9.17) is 0 Å². The maximum absolute atomic E-state index is 11.6. The molecule has 0 aliphatic rings. The second-order valence-corrected chi connectivity index (χ2v) is 4.36. The fraction of sp³-hybridized carbons (Fsp3) is 0.357. The van der Waals surface area contributed by atoms with E-state index in [9.17, 15) is 4.79 Å². The number of carbonyl (C=O) groups excluding carboxylic acids is 1. The van der Waals surface area contributed by atoms with Crippen LogP contribution in [0.2, 0.25) is 0 Å². The lowest BCUT2D eigenvalue weighted by molar-refractivity contribution is -0.115. The van der Waals surface area contributed by atoms with Gasteiger partial charge in [0.2, 0.25) is 5.91 Å². The molecule has 1 aromatic carbocycles. The van der Waals surface area contributed by atoms with Crippen LogP contribution in [0.25, 0.3) is 0 Å². The first-order chi connectivity index (χ1) is 8.54.